The molecule has 0 amide bonds. The topological polar surface area (TPSA) is 115 Å². The first-order valence-electron chi connectivity index (χ1n) is 7.44. The normalized spacial score (nSPS) is 13.2. The van der Waals surface area contributed by atoms with Crippen molar-refractivity contribution in [2.24, 2.45) is 0 Å². The minimum atomic E-state index is -1.34. The zero-order valence-corrected chi connectivity index (χ0v) is 13.7. The Morgan fingerprint density at radius 3 is 2.42 bits per heavy atom. The third kappa shape index (κ3) is 5.07. The molecular formula is C16H18ClN3O4. The molecule has 0 bridgehead atoms. The van der Waals surface area contributed by atoms with Crippen molar-refractivity contribution in [1.82, 2.24) is 15.3 Å². The van der Waals surface area contributed by atoms with Crippen LogP contribution in [0.3, 0.4) is 0 Å². The molecule has 0 saturated heterocycles. The molecule has 1 aliphatic heterocycles. The number of aromatic carboxylic acids is 1. The highest BCUT2D eigenvalue weighted by molar-refractivity contribution is 6.17. The number of carbonyl (C=O) groups is 1. The molecule has 8 heteroatoms. The van der Waals surface area contributed by atoms with Crippen LogP contribution in [0.2, 0.25) is 0 Å². The van der Waals surface area contributed by atoms with E-state index in [0.717, 1.165) is 32.0 Å². The van der Waals surface area contributed by atoms with Crippen LogP contribution in [0.15, 0.2) is 33.9 Å². The highest BCUT2D eigenvalue weighted by Gasteiger charge is 2.07. The van der Waals surface area contributed by atoms with Crippen LogP contribution in [-0.2, 0) is 18.7 Å². The van der Waals surface area contributed by atoms with Gasteiger partial charge in [-0.25, -0.2) is 9.59 Å². The predicted molar refractivity (Wildman–Crippen MR) is 90.9 cm³/mol. The summed E-state index contributed by atoms with van der Waals surface area (Å²) in [5.74, 6) is -0.714. The molecule has 7 nitrogen and oxygen atoms in total. The molecule has 0 saturated carbocycles. The van der Waals surface area contributed by atoms with E-state index in [0.29, 0.717) is 5.88 Å². The third-order valence-corrected chi connectivity index (χ3v) is 3.87. The quantitative estimate of drug-likeness (QED) is 0.599. The second kappa shape index (κ2) is 8.47. The lowest BCUT2D eigenvalue weighted by molar-refractivity contribution is 0.0689. The summed E-state index contributed by atoms with van der Waals surface area (Å²) in [6.07, 6.45) is 2.29. The van der Waals surface area contributed by atoms with Crippen molar-refractivity contribution in [2.75, 3.05) is 13.1 Å². The molecule has 4 N–H and O–H groups in total. The Labute approximate surface area is 142 Å². The summed E-state index contributed by atoms with van der Waals surface area (Å²) in [4.78, 5) is 34.9. The van der Waals surface area contributed by atoms with Gasteiger partial charge in [0.15, 0.2) is 0 Å². The fourth-order valence-electron chi connectivity index (χ4n) is 2.39. The number of hydrogen-bond donors (Lipinski definition) is 4. The SMILES string of the molecule is ClCc1ccc2c(c1)CCNCC2.O=C(O)c1cc(=O)[nH]c(=O)[nH]1. The molecule has 1 aromatic heterocycles. The number of H-pyrrole nitrogens is 2. The number of rotatable bonds is 2. The minimum Gasteiger partial charge on any atom is -0.477 e. The molecule has 2 aromatic rings. The average molecular weight is 352 g/mol. The van der Waals surface area contributed by atoms with Crippen molar-refractivity contribution in [2.45, 2.75) is 18.7 Å². The number of halogens is 1. The molecule has 128 valence electrons. The van der Waals surface area contributed by atoms with Gasteiger partial charge >= 0.3 is 11.7 Å². The molecule has 1 aliphatic rings. The van der Waals surface area contributed by atoms with Crippen LogP contribution in [0.25, 0.3) is 0 Å². The van der Waals surface area contributed by atoms with Gasteiger partial charge < -0.3 is 15.4 Å². The maximum Gasteiger partial charge on any atom is 0.352 e. The van der Waals surface area contributed by atoms with Crippen LogP contribution in [0.4, 0.5) is 0 Å². The zero-order chi connectivity index (χ0) is 17.5. The Balaban J connectivity index is 0.000000177. The van der Waals surface area contributed by atoms with Crippen LogP contribution in [0.1, 0.15) is 27.2 Å². The minimum absolute atomic E-state index is 0.418. The highest BCUT2D eigenvalue weighted by atomic mass is 35.5. The number of aromatic nitrogens is 2. The predicted octanol–water partition coefficient (Wildman–Crippen LogP) is 0.875. The summed E-state index contributed by atoms with van der Waals surface area (Å²) in [6.45, 7) is 2.20. The summed E-state index contributed by atoms with van der Waals surface area (Å²) in [6, 6.07) is 7.40. The molecule has 0 spiro atoms. The molecule has 0 fully saturated rings. The van der Waals surface area contributed by atoms with Gasteiger partial charge in [0.2, 0.25) is 0 Å². The number of aromatic amines is 2. The van der Waals surface area contributed by atoms with E-state index in [1.807, 2.05) is 9.97 Å². The van der Waals surface area contributed by atoms with E-state index in [-0.39, 0.29) is 0 Å². The first-order valence-corrected chi connectivity index (χ1v) is 7.97. The Morgan fingerprint density at radius 1 is 1.08 bits per heavy atom. The van der Waals surface area contributed by atoms with Crippen LogP contribution in [0.5, 0.6) is 0 Å². The standard InChI is InChI=1S/C11H14ClN.C5H4N2O4/c12-8-9-1-2-10-3-5-13-6-4-11(10)7-9;8-3-1-2(4(9)10)6-5(11)7-3/h1-2,7,13H,3-6,8H2;1H,(H,9,10)(H2,6,7,8,11). The van der Waals surface area contributed by atoms with E-state index in [9.17, 15) is 14.4 Å². The molecule has 0 atom stereocenters. The van der Waals surface area contributed by atoms with E-state index >= 15 is 0 Å². The molecule has 0 radical (unpaired) electrons. The number of nitrogens with one attached hydrogen (secondary N) is 3. The Bertz CT molecular complexity index is 800. The van der Waals surface area contributed by atoms with E-state index in [4.69, 9.17) is 16.7 Å². The van der Waals surface area contributed by atoms with Gasteiger partial charge in [0.1, 0.15) is 5.69 Å². The Morgan fingerprint density at radius 2 is 1.79 bits per heavy atom. The van der Waals surface area contributed by atoms with Crippen molar-refractivity contribution in [1.29, 1.82) is 0 Å². The van der Waals surface area contributed by atoms with E-state index in [2.05, 4.69) is 23.5 Å². The smallest absolute Gasteiger partial charge is 0.352 e. The molecule has 3 rings (SSSR count). The maximum absolute atomic E-state index is 10.5. The fourth-order valence-corrected chi connectivity index (χ4v) is 2.56. The monoisotopic (exact) mass is 351 g/mol. The largest absolute Gasteiger partial charge is 0.477 e. The molecule has 24 heavy (non-hydrogen) atoms. The van der Waals surface area contributed by atoms with Gasteiger partial charge in [0.25, 0.3) is 5.56 Å². The number of alkyl halides is 1. The maximum atomic E-state index is 10.5. The van der Waals surface area contributed by atoms with Gasteiger partial charge in [-0.2, -0.15) is 0 Å². The number of hydrogen-bond acceptors (Lipinski definition) is 4. The van der Waals surface area contributed by atoms with Gasteiger partial charge in [0.05, 0.1) is 0 Å². The van der Waals surface area contributed by atoms with Crippen molar-refractivity contribution in [3.05, 3.63) is 67.5 Å². The fraction of sp³-hybridized carbons (Fsp3) is 0.312. The van der Waals surface area contributed by atoms with Crippen LogP contribution in [-0.4, -0.2) is 34.1 Å². The summed E-state index contributed by atoms with van der Waals surface area (Å²) in [5, 5.41) is 11.7. The molecule has 2 heterocycles. The summed E-state index contributed by atoms with van der Waals surface area (Å²) in [7, 11) is 0. The lowest BCUT2D eigenvalue weighted by Crippen LogP contribution is -2.24. The van der Waals surface area contributed by atoms with E-state index < -0.39 is 22.9 Å². The van der Waals surface area contributed by atoms with Crippen LogP contribution in [0, 0.1) is 0 Å². The molecule has 1 aromatic carbocycles. The second-order valence-electron chi connectivity index (χ2n) is 5.29. The number of benzene rings is 1. The van der Waals surface area contributed by atoms with Crippen molar-refractivity contribution >= 4 is 17.6 Å². The first-order chi connectivity index (χ1) is 11.5. The van der Waals surface area contributed by atoms with E-state index in [1.165, 1.54) is 16.7 Å². The summed E-state index contributed by atoms with van der Waals surface area (Å²) < 4.78 is 0. The van der Waals surface area contributed by atoms with Gasteiger partial charge in [0, 0.05) is 11.9 Å². The van der Waals surface area contributed by atoms with E-state index in [1.54, 1.807) is 0 Å². The lowest BCUT2D eigenvalue weighted by Gasteiger charge is -2.06. The van der Waals surface area contributed by atoms with Crippen LogP contribution >= 0.6 is 11.6 Å². The number of carboxylic acid groups (broad SMARTS) is 1. The third-order valence-electron chi connectivity index (χ3n) is 3.56. The summed E-state index contributed by atoms with van der Waals surface area (Å²) >= 11 is 5.79. The first kappa shape index (κ1) is 18.0. The average Bonchev–Trinajstić information content (AvgIpc) is 2.79. The highest BCUT2D eigenvalue weighted by Crippen LogP contribution is 2.16. The second-order valence-corrected chi connectivity index (χ2v) is 5.56. The molecule has 0 unspecified atom stereocenters. The van der Waals surface area contributed by atoms with Crippen molar-refractivity contribution in [3.63, 3.8) is 0 Å². The van der Waals surface area contributed by atoms with Gasteiger partial charge in [-0.05, 0) is 42.6 Å². The van der Waals surface area contributed by atoms with Gasteiger partial charge in [-0.15, -0.1) is 11.6 Å². The van der Waals surface area contributed by atoms with Crippen molar-refractivity contribution in [3.8, 4) is 0 Å². The summed E-state index contributed by atoms with van der Waals surface area (Å²) in [5.41, 5.74) is 2.23. The number of fused-ring (bicyclic) bond motifs is 1. The van der Waals surface area contributed by atoms with Crippen molar-refractivity contribution < 1.29 is 9.90 Å². The van der Waals surface area contributed by atoms with Gasteiger partial charge in [-0.3, -0.25) is 9.78 Å². The Kier molecular flexibility index (Phi) is 6.34. The molecular weight excluding hydrogens is 334 g/mol. The lowest BCUT2D eigenvalue weighted by atomic mass is 10.0. The van der Waals surface area contributed by atoms with Crippen LogP contribution < -0.4 is 16.6 Å². The zero-order valence-electron chi connectivity index (χ0n) is 12.9. The van der Waals surface area contributed by atoms with Gasteiger partial charge in [-0.1, -0.05) is 18.2 Å². The molecule has 0 aliphatic carbocycles. The Hall–Kier alpha value is -2.38. The number of carboxylic acids is 1.